The minimum Gasteiger partial charge on any atom is -0.486 e. The summed E-state index contributed by atoms with van der Waals surface area (Å²) in [6, 6.07) is 47.6. The van der Waals surface area contributed by atoms with Crippen LogP contribution in [0.15, 0.2) is 134 Å². The van der Waals surface area contributed by atoms with Crippen molar-refractivity contribution in [2.75, 3.05) is 0 Å². The Morgan fingerprint density at radius 2 is 1.07 bits per heavy atom. The molecule has 0 aliphatic carbocycles. The van der Waals surface area contributed by atoms with Crippen LogP contribution in [0.2, 0.25) is 0 Å². The molecule has 4 aromatic carbocycles. The second kappa shape index (κ2) is 23.9. The van der Waals surface area contributed by atoms with Crippen LogP contribution >= 0.6 is 0 Å². The molecule has 0 N–H and O–H groups in total. The van der Waals surface area contributed by atoms with Crippen LogP contribution in [0.4, 0.5) is 11.5 Å². The molecule has 2 aromatic heterocycles. The zero-order valence-corrected chi connectivity index (χ0v) is 34.8. The molecule has 0 saturated heterocycles. The maximum atomic E-state index is 4.61. The summed E-state index contributed by atoms with van der Waals surface area (Å²) in [6.07, 6.45) is 2.06. The summed E-state index contributed by atoms with van der Waals surface area (Å²) in [7, 11) is 0. The Kier molecular flexibility index (Phi) is 23.1. The molecule has 0 bridgehead atoms. The Labute approximate surface area is 344 Å². The molecule has 6 rings (SSSR count). The van der Waals surface area contributed by atoms with E-state index < -0.39 is 0 Å². The minimum absolute atomic E-state index is 0. The summed E-state index contributed by atoms with van der Waals surface area (Å²) < 4.78 is 2.15. The van der Waals surface area contributed by atoms with E-state index in [0.29, 0.717) is 17.5 Å². The Hall–Kier alpha value is -1.41. The van der Waals surface area contributed by atoms with Crippen LogP contribution in [0.25, 0.3) is 16.4 Å². The first-order chi connectivity index (χ1) is 19.4. The van der Waals surface area contributed by atoms with Crippen LogP contribution in [0.5, 0.6) is 0 Å². The Balaban J connectivity index is 0.000000612. The van der Waals surface area contributed by atoms with Crippen LogP contribution in [0.1, 0.15) is 36.6 Å². The van der Waals surface area contributed by atoms with Gasteiger partial charge in [0.25, 0.3) is 0 Å². The van der Waals surface area contributed by atoms with Gasteiger partial charge in [-0.15, -0.1) is 36.4 Å². The fourth-order valence-electron chi connectivity index (χ4n) is 3.45. The van der Waals surface area contributed by atoms with Gasteiger partial charge in [-0.05, 0) is 25.3 Å². The smallest absolute Gasteiger partial charge is 0.486 e. The third-order valence-corrected chi connectivity index (χ3v) is 5.49. The number of hydrogen-bond donors (Lipinski definition) is 0. The zero-order valence-electron chi connectivity index (χ0n) is 24.9. The SMILES string of the molecule is CC(C)n1ccc2ccc([N-]c3[c-]ccc[c-]3)nc21.[CH2-]c1ccccc1.[CH2-]c1ccccc1.[CH2-]c1ccccc1.[Pr].[Pr].[Zr+4]. The van der Waals surface area contributed by atoms with Crippen molar-refractivity contribution in [1.82, 2.24) is 9.55 Å². The predicted octanol–water partition coefficient (Wildman–Crippen LogP) is 10.2. The summed E-state index contributed by atoms with van der Waals surface area (Å²) in [5.41, 5.74) is 4.86. The fraction of sp³-hybridized carbons (Fsp3) is 0.0811. The van der Waals surface area contributed by atoms with Crippen LogP contribution in [0.3, 0.4) is 0 Å². The minimum atomic E-state index is 0. The van der Waals surface area contributed by atoms with Gasteiger partial charge in [0.1, 0.15) is 0 Å². The molecular weight excluding hydrogens is 859 g/mol. The number of nitrogens with zero attached hydrogens (tertiary/aromatic N) is 3. The van der Waals surface area contributed by atoms with Crippen molar-refractivity contribution < 1.29 is 109 Å². The Morgan fingerprint density at radius 1 is 0.628 bits per heavy atom. The van der Waals surface area contributed by atoms with Gasteiger partial charge in [0.2, 0.25) is 0 Å². The second-order valence-corrected chi connectivity index (χ2v) is 9.13. The third kappa shape index (κ3) is 16.5. The van der Waals surface area contributed by atoms with Crippen molar-refractivity contribution >= 4 is 22.5 Å². The van der Waals surface area contributed by atoms with Gasteiger partial charge < -0.3 is 27.0 Å². The van der Waals surface area contributed by atoms with Crippen molar-refractivity contribution in [3.8, 4) is 0 Å². The number of pyridine rings is 1. The van der Waals surface area contributed by atoms with Gasteiger partial charge in [0.05, 0.1) is 0 Å². The molecule has 0 aliphatic rings. The summed E-state index contributed by atoms with van der Waals surface area (Å²) in [4.78, 5) is 4.61. The zero-order chi connectivity index (χ0) is 28.6. The topological polar surface area (TPSA) is 31.9 Å². The molecule has 6 aromatic rings. The molecule has 2 radical (unpaired) electrons. The molecule has 0 aliphatic heterocycles. The van der Waals surface area contributed by atoms with Crippen molar-refractivity contribution in [1.29, 1.82) is 0 Å². The Bertz CT molecular complexity index is 1420. The average Bonchev–Trinajstić information content (AvgIpc) is 3.40. The van der Waals surface area contributed by atoms with Crippen molar-refractivity contribution in [3.63, 3.8) is 0 Å². The fourth-order valence-corrected chi connectivity index (χ4v) is 3.45. The van der Waals surface area contributed by atoms with Gasteiger partial charge in [-0.2, -0.15) is 73.9 Å². The first-order valence-electron chi connectivity index (χ1n) is 13.1. The van der Waals surface area contributed by atoms with E-state index in [1.54, 1.807) is 0 Å². The summed E-state index contributed by atoms with van der Waals surface area (Å²) in [5, 5.41) is 5.57. The number of para-hydroxylation sites is 1. The van der Waals surface area contributed by atoms with E-state index in [0.717, 1.165) is 27.7 Å². The van der Waals surface area contributed by atoms with E-state index in [1.165, 1.54) is 0 Å². The van der Waals surface area contributed by atoms with Gasteiger partial charge >= 0.3 is 26.2 Å². The molecule has 210 valence electrons. The molecule has 43 heavy (non-hydrogen) atoms. The van der Waals surface area contributed by atoms with E-state index >= 15 is 0 Å². The molecular formula is C37H35N3Pr2Zr-2. The van der Waals surface area contributed by atoms with Gasteiger partial charge in [-0.3, -0.25) is 23.9 Å². The normalized spacial score (nSPS) is 9.09. The van der Waals surface area contributed by atoms with Gasteiger partial charge in [0, 0.05) is 100 Å². The maximum absolute atomic E-state index is 4.61. The van der Waals surface area contributed by atoms with E-state index in [9.17, 15) is 0 Å². The van der Waals surface area contributed by atoms with E-state index in [1.807, 2.05) is 121 Å². The number of aromatic nitrogens is 2. The Morgan fingerprint density at radius 3 is 1.44 bits per heavy atom. The summed E-state index contributed by atoms with van der Waals surface area (Å²) >= 11 is 0. The standard InChI is InChI=1S/C16H14N3.3C7H7.2Pr.Zr/c1-12(2)19-11-10-13-8-9-15(18-16(13)19)17-14-6-4-3-5-7-14;3*1-7-5-3-2-4-6-7;;;/h3-5,8-12H,1-2H3;3*2-6H,1H2;;;/q-3;3*-1;;;+4. The van der Waals surface area contributed by atoms with Crippen molar-refractivity contribution in [2.24, 2.45) is 0 Å². The maximum Gasteiger partial charge on any atom is 4.00 e. The quantitative estimate of drug-likeness (QED) is 0.163. The van der Waals surface area contributed by atoms with Crippen LogP contribution in [-0.4, -0.2) is 9.55 Å². The number of benzene rings is 4. The first-order valence-corrected chi connectivity index (χ1v) is 13.1. The number of fused-ring (bicyclic) bond motifs is 1. The molecule has 0 atom stereocenters. The van der Waals surface area contributed by atoms with Gasteiger partial charge in [0.15, 0.2) is 0 Å². The van der Waals surface area contributed by atoms with Crippen molar-refractivity contribution in [2.45, 2.75) is 19.9 Å². The molecule has 2 heterocycles. The van der Waals surface area contributed by atoms with Gasteiger partial charge in [-0.1, -0.05) is 36.1 Å². The van der Waals surface area contributed by atoms with Crippen LogP contribution < -0.4 is 0 Å². The average molecular weight is 895 g/mol. The third-order valence-electron chi connectivity index (χ3n) is 5.49. The second-order valence-electron chi connectivity index (χ2n) is 9.13. The monoisotopic (exact) mass is 893 g/mol. The molecule has 3 nitrogen and oxygen atoms in total. The number of rotatable bonds is 3. The molecule has 0 amide bonds. The first kappa shape index (κ1) is 41.6. The largest absolute Gasteiger partial charge is 4.00 e. The molecule has 0 saturated carbocycles. The summed E-state index contributed by atoms with van der Waals surface area (Å²) in [5.74, 6) is 0.687. The predicted molar refractivity (Wildman–Crippen MR) is 170 cm³/mol. The van der Waals surface area contributed by atoms with Gasteiger partial charge in [-0.25, -0.2) is 0 Å². The molecule has 0 spiro atoms. The van der Waals surface area contributed by atoms with E-state index in [2.05, 4.69) is 73.9 Å². The summed E-state index contributed by atoms with van der Waals surface area (Å²) in [6.45, 7) is 15.4. The van der Waals surface area contributed by atoms with Crippen molar-refractivity contribution in [3.05, 3.63) is 189 Å². The number of hydrogen-bond acceptors (Lipinski definition) is 1. The van der Waals surface area contributed by atoms with Crippen LogP contribution in [-0.2, 0) is 26.2 Å². The van der Waals surface area contributed by atoms with E-state index in [-0.39, 0.29) is 109 Å². The molecule has 6 heteroatoms. The molecule has 0 unspecified atom stereocenters. The van der Waals surface area contributed by atoms with Crippen LogP contribution in [0, 0.1) is 115 Å². The molecule has 0 fully saturated rings. The van der Waals surface area contributed by atoms with E-state index in [4.69, 9.17) is 0 Å².